The first-order valence-electron chi connectivity index (χ1n) is 13.5. The van der Waals surface area contributed by atoms with Crippen LogP contribution in [0.4, 0.5) is 0 Å². The van der Waals surface area contributed by atoms with Crippen LogP contribution < -0.4 is 4.74 Å². The van der Waals surface area contributed by atoms with Gasteiger partial charge in [-0.25, -0.2) is 4.98 Å². The van der Waals surface area contributed by atoms with Crippen LogP contribution in [0.3, 0.4) is 0 Å². The minimum atomic E-state index is -0.444. The van der Waals surface area contributed by atoms with Crippen molar-refractivity contribution < 1.29 is 14.3 Å². The Bertz CT molecular complexity index is 1440. The quantitative estimate of drug-likeness (QED) is 0.179. The average molecular weight is 544 g/mol. The van der Waals surface area contributed by atoms with Gasteiger partial charge in [0.2, 0.25) is 0 Å². The first kappa shape index (κ1) is 27.5. The molecule has 2 heterocycles. The molecule has 206 valence electrons. The number of carbonyl (C=O) groups excluding carboxylic acids is 1. The number of imidazole rings is 1. The van der Waals surface area contributed by atoms with E-state index in [1.165, 1.54) is 16.7 Å². The van der Waals surface area contributed by atoms with Crippen molar-refractivity contribution in [1.82, 2.24) is 14.5 Å². The minimum Gasteiger partial charge on any atom is -0.497 e. The summed E-state index contributed by atoms with van der Waals surface area (Å²) in [5, 5.41) is 0. The third-order valence-electron chi connectivity index (χ3n) is 7.16. The summed E-state index contributed by atoms with van der Waals surface area (Å²) in [6.45, 7) is 5.27. The normalized spacial score (nSPS) is 13.1. The standard InChI is InChI=1S/C22H18N2.C13H15NO3/c1-4-10-19(11-5-1)22(24-17-16-23-18-24,20-12-6-2-7-13-20)21-14-8-3-9-15-21;1-10-13(15)14(7-8-17-10)9-11-3-5-12(16-2)6-4-11/h1-18H;3-6H,1,7-9H2,2H3. The van der Waals surface area contributed by atoms with Gasteiger partial charge in [-0.05, 0) is 34.4 Å². The second-order valence-electron chi connectivity index (χ2n) is 9.62. The smallest absolute Gasteiger partial charge is 0.288 e. The molecule has 41 heavy (non-hydrogen) atoms. The van der Waals surface area contributed by atoms with Crippen LogP contribution in [0.15, 0.2) is 146 Å². The summed E-state index contributed by atoms with van der Waals surface area (Å²) in [6, 6.07) is 39.5. The lowest BCUT2D eigenvalue weighted by Crippen LogP contribution is -2.39. The highest BCUT2D eigenvalue weighted by atomic mass is 16.5. The van der Waals surface area contributed by atoms with Crippen molar-refractivity contribution in [2.45, 2.75) is 12.1 Å². The molecule has 0 atom stereocenters. The summed E-state index contributed by atoms with van der Waals surface area (Å²) < 4.78 is 12.4. The number of aromatic nitrogens is 2. The number of rotatable bonds is 7. The minimum absolute atomic E-state index is 0.132. The predicted molar refractivity (Wildman–Crippen MR) is 160 cm³/mol. The number of morpholine rings is 1. The molecule has 0 saturated carbocycles. The van der Waals surface area contributed by atoms with E-state index in [0.29, 0.717) is 19.7 Å². The van der Waals surface area contributed by atoms with Gasteiger partial charge in [0.25, 0.3) is 5.91 Å². The van der Waals surface area contributed by atoms with Gasteiger partial charge in [0, 0.05) is 18.9 Å². The highest BCUT2D eigenvalue weighted by molar-refractivity contribution is 5.91. The van der Waals surface area contributed by atoms with E-state index in [4.69, 9.17) is 9.47 Å². The molecule has 6 heteroatoms. The van der Waals surface area contributed by atoms with Crippen molar-refractivity contribution in [1.29, 1.82) is 0 Å². The van der Waals surface area contributed by atoms with Crippen LogP contribution in [0, 0.1) is 0 Å². The lowest BCUT2D eigenvalue weighted by atomic mass is 9.77. The average Bonchev–Trinajstić information content (AvgIpc) is 3.58. The number of benzene rings is 4. The molecule has 0 aliphatic carbocycles. The molecule has 6 nitrogen and oxygen atoms in total. The molecule has 0 bridgehead atoms. The Labute approximate surface area is 241 Å². The Kier molecular flexibility index (Phi) is 8.60. The van der Waals surface area contributed by atoms with E-state index in [9.17, 15) is 4.79 Å². The Morgan fingerprint density at radius 2 is 1.37 bits per heavy atom. The molecule has 0 N–H and O–H groups in total. The third-order valence-corrected chi connectivity index (χ3v) is 7.16. The molecule has 4 aromatic carbocycles. The molecule has 0 unspecified atom stereocenters. The Balaban J connectivity index is 0.000000175. The Hall–Kier alpha value is -5.10. The number of amides is 1. The lowest BCUT2D eigenvalue weighted by molar-refractivity contribution is -0.136. The van der Waals surface area contributed by atoms with Gasteiger partial charge in [0.05, 0.1) is 20.0 Å². The van der Waals surface area contributed by atoms with E-state index in [1.807, 2.05) is 43.0 Å². The molecule has 1 aliphatic heterocycles. The predicted octanol–water partition coefficient (Wildman–Crippen LogP) is 6.29. The number of hydrogen-bond acceptors (Lipinski definition) is 4. The molecular weight excluding hydrogens is 510 g/mol. The molecule has 5 aromatic rings. The molecule has 1 saturated heterocycles. The maximum atomic E-state index is 11.7. The molecule has 1 aliphatic rings. The fraction of sp³-hybridized carbons (Fsp3) is 0.143. The third kappa shape index (κ3) is 5.92. The zero-order chi connectivity index (χ0) is 28.5. The summed E-state index contributed by atoms with van der Waals surface area (Å²) in [4.78, 5) is 17.8. The monoisotopic (exact) mass is 543 g/mol. The van der Waals surface area contributed by atoms with Crippen LogP contribution in [-0.4, -0.2) is 40.6 Å². The second-order valence-corrected chi connectivity index (χ2v) is 9.62. The molecular formula is C35H33N3O3. The van der Waals surface area contributed by atoms with Gasteiger partial charge in [-0.3, -0.25) is 4.79 Å². The van der Waals surface area contributed by atoms with Gasteiger partial charge in [-0.1, -0.05) is 110 Å². The number of nitrogens with zero attached hydrogens (tertiary/aromatic N) is 3. The number of carbonyl (C=O) groups is 1. The van der Waals surface area contributed by atoms with Crippen molar-refractivity contribution in [3.63, 3.8) is 0 Å². The zero-order valence-electron chi connectivity index (χ0n) is 23.1. The maximum Gasteiger partial charge on any atom is 0.288 e. The molecule has 0 radical (unpaired) electrons. The van der Waals surface area contributed by atoms with Crippen LogP contribution in [0.25, 0.3) is 0 Å². The van der Waals surface area contributed by atoms with Crippen molar-refractivity contribution in [3.8, 4) is 5.75 Å². The highest BCUT2D eigenvalue weighted by Gasteiger charge is 2.37. The zero-order valence-corrected chi connectivity index (χ0v) is 23.1. The van der Waals surface area contributed by atoms with E-state index in [2.05, 4.69) is 107 Å². The van der Waals surface area contributed by atoms with Gasteiger partial charge in [0.15, 0.2) is 5.76 Å². The molecule has 0 spiro atoms. The van der Waals surface area contributed by atoms with Crippen LogP contribution in [0.5, 0.6) is 5.75 Å². The van der Waals surface area contributed by atoms with Crippen molar-refractivity contribution in [3.05, 3.63) is 169 Å². The number of methoxy groups -OCH3 is 1. The second kappa shape index (κ2) is 12.8. The highest BCUT2D eigenvalue weighted by Crippen LogP contribution is 2.40. The van der Waals surface area contributed by atoms with Gasteiger partial charge in [-0.2, -0.15) is 0 Å². The van der Waals surface area contributed by atoms with Gasteiger partial charge < -0.3 is 18.9 Å². The fourth-order valence-corrected chi connectivity index (χ4v) is 5.16. The van der Waals surface area contributed by atoms with Crippen molar-refractivity contribution in [2.75, 3.05) is 20.3 Å². The summed E-state index contributed by atoms with van der Waals surface area (Å²) in [6.07, 6.45) is 5.77. The number of hydrogen-bond donors (Lipinski definition) is 0. The SMILES string of the molecule is C=C1OCCN(Cc2ccc(OC)cc2)C1=O.c1ccc(C(c2ccccc2)(c2ccccc2)n2ccnc2)cc1. The largest absolute Gasteiger partial charge is 0.497 e. The van der Waals surface area contributed by atoms with E-state index >= 15 is 0 Å². The number of ether oxygens (including phenoxy) is 2. The van der Waals surface area contributed by atoms with Crippen LogP contribution in [0.2, 0.25) is 0 Å². The Morgan fingerprint density at radius 3 is 1.83 bits per heavy atom. The van der Waals surface area contributed by atoms with Gasteiger partial charge in [-0.15, -0.1) is 0 Å². The molecule has 1 fully saturated rings. The molecule has 1 amide bonds. The van der Waals surface area contributed by atoms with E-state index in [-0.39, 0.29) is 11.7 Å². The van der Waals surface area contributed by atoms with Crippen LogP contribution in [0.1, 0.15) is 22.3 Å². The summed E-state index contributed by atoms with van der Waals surface area (Å²) in [5.41, 5.74) is 4.25. The summed E-state index contributed by atoms with van der Waals surface area (Å²) in [7, 11) is 1.63. The summed E-state index contributed by atoms with van der Waals surface area (Å²) >= 11 is 0. The first-order chi connectivity index (χ1) is 20.1. The van der Waals surface area contributed by atoms with Crippen molar-refractivity contribution in [2.24, 2.45) is 0 Å². The van der Waals surface area contributed by atoms with E-state index in [1.54, 1.807) is 12.0 Å². The van der Waals surface area contributed by atoms with Crippen molar-refractivity contribution >= 4 is 5.91 Å². The van der Waals surface area contributed by atoms with Gasteiger partial charge in [0.1, 0.15) is 17.9 Å². The lowest BCUT2D eigenvalue weighted by Gasteiger charge is -2.37. The Morgan fingerprint density at radius 1 is 0.829 bits per heavy atom. The first-order valence-corrected chi connectivity index (χ1v) is 13.5. The molecule has 1 aromatic heterocycles. The summed E-state index contributed by atoms with van der Waals surface area (Å²) in [5.74, 6) is 0.906. The van der Waals surface area contributed by atoms with Gasteiger partial charge >= 0.3 is 0 Å². The fourth-order valence-electron chi connectivity index (χ4n) is 5.16. The maximum absolute atomic E-state index is 11.7. The van der Waals surface area contributed by atoms with Crippen LogP contribution >= 0.6 is 0 Å². The van der Waals surface area contributed by atoms with E-state index < -0.39 is 5.54 Å². The topological polar surface area (TPSA) is 56.6 Å². The van der Waals surface area contributed by atoms with E-state index in [0.717, 1.165) is 11.3 Å². The van der Waals surface area contributed by atoms with Crippen LogP contribution in [-0.2, 0) is 21.6 Å². The molecule has 6 rings (SSSR count).